The summed E-state index contributed by atoms with van der Waals surface area (Å²) in [6, 6.07) is 10.5. The second-order valence-corrected chi connectivity index (χ2v) is 5.15. The zero-order valence-corrected chi connectivity index (χ0v) is 12.5. The summed E-state index contributed by atoms with van der Waals surface area (Å²) in [7, 11) is 3.90. The Bertz CT molecular complexity index is 627. The van der Waals surface area contributed by atoms with Gasteiger partial charge in [0, 0.05) is 25.5 Å². The van der Waals surface area contributed by atoms with E-state index >= 15 is 0 Å². The molecule has 1 heterocycles. The molecule has 1 aromatic carbocycles. The van der Waals surface area contributed by atoms with Crippen molar-refractivity contribution in [1.82, 2.24) is 4.98 Å². The third kappa shape index (κ3) is 3.40. The van der Waals surface area contributed by atoms with Gasteiger partial charge in [0.2, 0.25) is 0 Å². The number of anilines is 2. The van der Waals surface area contributed by atoms with Gasteiger partial charge in [0.25, 0.3) is 5.91 Å². The van der Waals surface area contributed by atoms with E-state index in [4.69, 9.17) is 23.2 Å². The van der Waals surface area contributed by atoms with Crippen molar-refractivity contribution >= 4 is 40.5 Å². The molecule has 0 saturated heterocycles. The normalized spacial score (nSPS) is 10.2. The van der Waals surface area contributed by atoms with Gasteiger partial charge in [-0.25, -0.2) is 4.98 Å². The Morgan fingerprint density at radius 3 is 2.35 bits per heavy atom. The van der Waals surface area contributed by atoms with Crippen LogP contribution in [-0.2, 0) is 0 Å². The summed E-state index contributed by atoms with van der Waals surface area (Å²) >= 11 is 11.7. The number of halogens is 2. The molecule has 0 spiro atoms. The average Bonchev–Trinajstić information content (AvgIpc) is 2.42. The minimum atomic E-state index is -0.393. The van der Waals surface area contributed by atoms with Crippen LogP contribution >= 0.6 is 23.2 Å². The lowest BCUT2D eigenvalue weighted by Gasteiger charge is -2.13. The molecular formula is C14H13Cl2N3O. The maximum atomic E-state index is 12.1. The predicted molar refractivity (Wildman–Crippen MR) is 83.0 cm³/mol. The van der Waals surface area contributed by atoms with Crippen molar-refractivity contribution in [2.75, 3.05) is 24.3 Å². The molecule has 0 saturated carbocycles. The van der Waals surface area contributed by atoms with Gasteiger partial charge in [0.1, 0.15) is 10.8 Å². The fourth-order valence-corrected chi connectivity index (χ4v) is 1.95. The van der Waals surface area contributed by atoms with Gasteiger partial charge in [0.05, 0.1) is 5.02 Å². The van der Waals surface area contributed by atoms with Crippen LogP contribution < -0.4 is 10.2 Å². The van der Waals surface area contributed by atoms with Gasteiger partial charge in [-0.3, -0.25) is 4.79 Å². The van der Waals surface area contributed by atoms with Crippen molar-refractivity contribution in [3.8, 4) is 0 Å². The molecule has 1 aromatic heterocycles. The summed E-state index contributed by atoms with van der Waals surface area (Å²) in [5.41, 5.74) is 1.82. The van der Waals surface area contributed by atoms with E-state index in [-0.39, 0.29) is 15.9 Å². The highest BCUT2D eigenvalue weighted by atomic mass is 35.5. The quantitative estimate of drug-likeness (QED) is 0.879. The minimum absolute atomic E-state index is 0.107. The number of pyridine rings is 1. The maximum absolute atomic E-state index is 12.1. The molecule has 2 aromatic rings. The van der Waals surface area contributed by atoms with Crippen LogP contribution in [0, 0.1) is 0 Å². The van der Waals surface area contributed by atoms with Crippen molar-refractivity contribution in [3.05, 3.63) is 52.3 Å². The number of benzene rings is 1. The molecule has 2 rings (SSSR count). The van der Waals surface area contributed by atoms with Gasteiger partial charge in [-0.1, -0.05) is 23.2 Å². The van der Waals surface area contributed by atoms with E-state index < -0.39 is 5.91 Å². The Morgan fingerprint density at radius 1 is 1.10 bits per heavy atom. The largest absolute Gasteiger partial charge is 0.378 e. The van der Waals surface area contributed by atoms with Crippen LogP contribution in [-0.4, -0.2) is 25.0 Å². The molecule has 0 unspecified atom stereocenters. The highest BCUT2D eigenvalue weighted by Gasteiger charge is 2.13. The van der Waals surface area contributed by atoms with E-state index in [2.05, 4.69) is 10.3 Å². The molecule has 0 fully saturated rings. The molecule has 0 atom stereocenters. The van der Waals surface area contributed by atoms with E-state index in [9.17, 15) is 4.79 Å². The maximum Gasteiger partial charge on any atom is 0.275 e. The first-order valence-electron chi connectivity index (χ1n) is 5.88. The number of carbonyl (C=O) groups excluding carboxylic acids is 1. The molecule has 0 aliphatic carbocycles. The van der Waals surface area contributed by atoms with Crippen molar-refractivity contribution in [1.29, 1.82) is 0 Å². The van der Waals surface area contributed by atoms with Crippen LogP contribution in [0.2, 0.25) is 10.2 Å². The van der Waals surface area contributed by atoms with E-state index in [1.165, 1.54) is 6.07 Å². The number of rotatable bonds is 3. The molecule has 6 heteroatoms. The first-order valence-corrected chi connectivity index (χ1v) is 6.64. The third-order valence-corrected chi connectivity index (χ3v) is 3.18. The highest BCUT2D eigenvalue weighted by molar-refractivity contribution is 6.35. The van der Waals surface area contributed by atoms with Gasteiger partial charge in [-0.05, 0) is 36.4 Å². The van der Waals surface area contributed by atoms with Crippen LogP contribution in [0.4, 0.5) is 11.4 Å². The van der Waals surface area contributed by atoms with Crippen molar-refractivity contribution in [3.63, 3.8) is 0 Å². The number of nitrogens with zero attached hydrogens (tertiary/aromatic N) is 2. The first-order chi connectivity index (χ1) is 9.47. The van der Waals surface area contributed by atoms with Crippen molar-refractivity contribution in [2.45, 2.75) is 0 Å². The molecule has 0 aliphatic rings. The van der Waals surface area contributed by atoms with Crippen LogP contribution in [0.15, 0.2) is 36.4 Å². The zero-order chi connectivity index (χ0) is 14.7. The lowest BCUT2D eigenvalue weighted by molar-refractivity contribution is 0.102. The van der Waals surface area contributed by atoms with Gasteiger partial charge < -0.3 is 10.2 Å². The summed E-state index contributed by atoms with van der Waals surface area (Å²) in [5, 5.41) is 3.21. The summed E-state index contributed by atoms with van der Waals surface area (Å²) < 4.78 is 0. The zero-order valence-electron chi connectivity index (χ0n) is 11.0. The number of hydrogen-bond donors (Lipinski definition) is 1. The predicted octanol–water partition coefficient (Wildman–Crippen LogP) is 3.71. The molecule has 1 N–H and O–H groups in total. The van der Waals surface area contributed by atoms with Crippen LogP contribution in [0.3, 0.4) is 0 Å². The van der Waals surface area contributed by atoms with Crippen LogP contribution in [0.5, 0.6) is 0 Å². The minimum Gasteiger partial charge on any atom is -0.378 e. The number of amides is 1. The number of carbonyl (C=O) groups is 1. The third-order valence-electron chi connectivity index (χ3n) is 2.67. The molecule has 20 heavy (non-hydrogen) atoms. The summed E-state index contributed by atoms with van der Waals surface area (Å²) in [6.07, 6.45) is 0. The first kappa shape index (κ1) is 14.6. The van der Waals surface area contributed by atoms with E-state index in [1.54, 1.807) is 6.07 Å². The average molecular weight is 310 g/mol. The number of hydrogen-bond acceptors (Lipinski definition) is 3. The Kier molecular flexibility index (Phi) is 4.47. The highest BCUT2D eigenvalue weighted by Crippen LogP contribution is 2.20. The Balaban J connectivity index is 2.17. The summed E-state index contributed by atoms with van der Waals surface area (Å²) in [5.74, 6) is -0.393. The van der Waals surface area contributed by atoms with E-state index in [0.29, 0.717) is 5.69 Å². The standard InChI is InChI=1S/C14H13Cl2N3O/c1-19(2)10-5-3-9(4-6-10)17-14(20)13-11(15)7-8-12(16)18-13/h3-8H,1-2H3,(H,17,20). The molecule has 4 nitrogen and oxygen atoms in total. The van der Waals surface area contributed by atoms with Gasteiger partial charge >= 0.3 is 0 Å². The Hall–Kier alpha value is -1.78. The topological polar surface area (TPSA) is 45.2 Å². The number of nitrogens with one attached hydrogen (secondary N) is 1. The molecule has 0 aliphatic heterocycles. The van der Waals surface area contributed by atoms with E-state index in [1.807, 2.05) is 43.3 Å². The summed E-state index contributed by atoms with van der Waals surface area (Å²) in [4.78, 5) is 18.0. The van der Waals surface area contributed by atoms with Crippen molar-refractivity contribution in [2.24, 2.45) is 0 Å². The van der Waals surface area contributed by atoms with Gasteiger partial charge in [-0.15, -0.1) is 0 Å². The lowest BCUT2D eigenvalue weighted by Crippen LogP contribution is -2.14. The summed E-state index contributed by atoms with van der Waals surface area (Å²) in [6.45, 7) is 0. The second kappa shape index (κ2) is 6.11. The fraction of sp³-hybridized carbons (Fsp3) is 0.143. The van der Waals surface area contributed by atoms with Crippen LogP contribution in [0.1, 0.15) is 10.5 Å². The smallest absolute Gasteiger partial charge is 0.275 e. The monoisotopic (exact) mass is 309 g/mol. The molecule has 104 valence electrons. The fourth-order valence-electron chi connectivity index (χ4n) is 1.61. The molecule has 0 radical (unpaired) electrons. The van der Waals surface area contributed by atoms with Crippen LogP contribution in [0.25, 0.3) is 0 Å². The Morgan fingerprint density at radius 2 is 1.75 bits per heavy atom. The van der Waals surface area contributed by atoms with Crippen molar-refractivity contribution < 1.29 is 4.79 Å². The SMILES string of the molecule is CN(C)c1ccc(NC(=O)c2nc(Cl)ccc2Cl)cc1. The molecular weight excluding hydrogens is 297 g/mol. The Labute approximate surface area is 127 Å². The lowest BCUT2D eigenvalue weighted by atomic mass is 10.2. The van der Waals surface area contributed by atoms with Gasteiger partial charge in [-0.2, -0.15) is 0 Å². The van der Waals surface area contributed by atoms with Gasteiger partial charge in [0.15, 0.2) is 0 Å². The van der Waals surface area contributed by atoms with E-state index in [0.717, 1.165) is 5.69 Å². The molecule has 1 amide bonds. The second-order valence-electron chi connectivity index (χ2n) is 4.36. The number of aromatic nitrogens is 1. The molecule has 0 bridgehead atoms.